The number of benzene rings is 1. The maximum Gasteiger partial charge on any atom is 0.247 e. The fraction of sp³-hybridized carbons (Fsp3) is 0.333. The molecule has 1 aromatic carbocycles. The summed E-state index contributed by atoms with van der Waals surface area (Å²) in [5, 5.41) is 1.38. The number of carbonyl (C=O) groups excluding carboxylic acids is 2. The first-order valence-electron chi connectivity index (χ1n) is 7.65. The van der Waals surface area contributed by atoms with Gasteiger partial charge in [-0.05, 0) is 30.6 Å². The van der Waals surface area contributed by atoms with Gasteiger partial charge in [0.1, 0.15) is 17.9 Å². The van der Waals surface area contributed by atoms with Crippen molar-refractivity contribution in [3.05, 3.63) is 59.9 Å². The van der Waals surface area contributed by atoms with Crippen LogP contribution in [0.25, 0.3) is 0 Å². The molecule has 1 saturated heterocycles. The number of hydrogen-bond acceptors (Lipinski definition) is 4. The molecule has 3 rings (SSSR count). The van der Waals surface area contributed by atoms with Crippen LogP contribution in [0.4, 0.5) is 0 Å². The zero-order valence-corrected chi connectivity index (χ0v) is 13.0. The molecule has 5 heteroatoms. The first kappa shape index (κ1) is 15.5. The number of piperidine rings is 1. The first-order valence-corrected chi connectivity index (χ1v) is 7.65. The van der Waals surface area contributed by atoms with Crippen molar-refractivity contribution in [3.8, 4) is 0 Å². The van der Waals surface area contributed by atoms with E-state index in [1.54, 1.807) is 6.08 Å². The van der Waals surface area contributed by atoms with E-state index in [-0.39, 0.29) is 18.3 Å². The van der Waals surface area contributed by atoms with Crippen LogP contribution in [0.1, 0.15) is 24.8 Å². The average Bonchev–Trinajstić information content (AvgIpc) is 2.57. The standard InChI is InChI=1S/C18H19NO4/c1-22-16-12-15(20)9-11-18(16)10-5-8-17(21)19(18)23-13-14-6-3-2-4-7-14/h2-4,6-7,9,11-12H,5,8,10,13H2,1H3. The molecular formula is C18H19NO4. The van der Waals surface area contributed by atoms with Crippen molar-refractivity contribution >= 4 is 11.7 Å². The molecule has 1 aliphatic carbocycles. The predicted octanol–water partition coefficient (Wildman–Crippen LogP) is 2.54. The SMILES string of the molecule is COC1=CC(=O)C=CC12CCCC(=O)N2OCc1ccccc1. The second-order valence-corrected chi connectivity index (χ2v) is 5.67. The molecule has 1 atom stereocenters. The van der Waals surface area contributed by atoms with E-state index in [4.69, 9.17) is 9.57 Å². The van der Waals surface area contributed by atoms with Crippen LogP contribution >= 0.6 is 0 Å². The molecule has 2 aliphatic rings. The maximum absolute atomic E-state index is 12.4. The average molecular weight is 313 g/mol. The Kier molecular flexibility index (Phi) is 4.30. The van der Waals surface area contributed by atoms with Gasteiger partial charge in [0.2, 0.25) is 5.91 Å². The molecule has 1 aliphatic heterocycles. The number of allylic oxidation sites excluding steroid dienone is 2. The Morgan fingerprint density at radius 3 is 2.74 bits per heavy atom. The topological polar surface area (TPSA) is 55.8 Å². The van der Waals surface area contributed by atoms with E-state index in [2.05, 4.69) is 0 Å². The number of ketones is 1. The molecule has 0 aromatic heterocycles. The molecule has 0 N–H and O–H groups in total. The minimum Gasteiger partial charge on any atom is -0.498 e. The number of amides is 1. The second kappa shape index (κ2) is 6.38. The van der Waals surface area contributed by atoms with Crippen LogP contribution in [0.5, 0.6) is 0 Å². The van der Waals surface area contributed by atoms with E-state index in [9.17, 15) is 9.59 Å². The zero-order chi connectivity index (χ0) is 16.3. The fourth-order valence-electron chi connectivity index (χ4n) is 3.05. The number of hydroxylamine groups is 2. The Hall–Kier alpha value is -2.40. The molecule has 1 unspecified atom stereocenters. The van der Waals surface area contributed by atoms with E-state index in [1.165, 1.54) is 24.3 Å². The van der Waals surface area contributed by atoms with Gasteiger partial charge >= 0.3 is 0 Å². The lowest BCUT2D eigenvalue weighted by atomic mass is 9.82. The Balaban J connectivity index is 1.88. The van der Waals surface area contributed by atoms with E-state index in [0.29, 0.717) is 18.6 Å². The van der Waals surface area contributed by atoms with E-state index >= 15 is 0 Å². The van der Waals surface area contributed by atoms with Gasteiger partial charge in [-0.25, -0.2) is 5.06 Å². The Morgan fingerprint density at radius 2 is 2.00 bits per heavy atom. The normalized spacial score (nSPS) is 24.0. The Labute approximate surface area is 135 Å². The third-order valence-corrected chi connectivity index (χ3v) is 4.18. The van der Waals surface area contributed by atoms with Crippen molar-refractivity contribution in [2.24, 2.45) is 0 Å². The van der Waals surface area contributed by atoms with Crippen LogP contribution in [0.3, 0.4) is 0 Å². The smallest absolute Gasteiger partial charge is 0.247 e. The summed E-state index contributed by atoms with van der Waals surface area (Å²) in [5.74, 6) is 0.203. The molecule has 0 bridgehead atoms. The summed E-state index contributed by atoms with van der Waals surface area (Å²) in [6.45, 7) is 0.285. The second-order valence-electron chi connectivity index (χ2n) is 5.67. The number of methoxy groups -OCH3 is 1. The van der Waals surface area contributed by atoms with Crippen LogP contribution < -0.4 is 0 Å². The maximum atomic E-state index is 12.4. The molecule has 1 amide bonds. The van der Waals surface area contributed by atoms with Gasteiger partial charge in [0, 0.05) is 12.5 Å². The summed E-state index contributed by atoms with van der Waals surface area (Å²) < 4.78 is 5.40. The van der Waals surface area contributed by atoms with E-state index in [1.807, 2.05) is 30.3 Å². The number of hydrogen-bond donors (Lipinski definition) is 0. The minimum atomic E-state index is -0.827. The molecule has 1 aromatic rings. The van der Waals surface area contributed by atoms with Crippen molar-refractivity contribution in [2.45, 2.75) is 31.4 Å². The molecule has 0 saturated carbocycles. The number of rotatable bonds is 4. The minimum absolute atomic E-state index is 0.103. The quantitative estimate of drug-likeness (QED) is 0.857. The predicted molar refractivity (Wildman–Crippen MR) is 83.9 cm³/mol. The molecule has 5 nitrogen and oxygen atoms in total. The van der Waals surface area contributed by atoms with Crippen LogP contribution in [0, 0.1) is 0 Å². The van der Waals surface area contributed by atoms with E-state index in [0.717, 1.165) is 12.0 Å². The number of nitrogens with zero attached hydrogens (tertiary/aromatic N) is 1. The van der Waals surface area contributed by atoms with Crippen molar-refractivity contribution in [3.63, 3.8) is 0 Å². The van der Waals surface area contributed by atoms with Crippen LogP contribution in [-0.4, -0.2) is 29.4 Å². The molecule has 23 heavy (non-hydrogen) atoms. The van der Waals surface area contributed by atoms with Crippen LogP contribution in [-0.2, 0) is 25.8 Å². The molecule has 0 radical (unpaired) electrons. The fourth-order valence-corrected chi connectivity index (χ4v) is 3.05. The highest BCUT2D eigenvalue weighted by Crippen LogP contribution is 2.39. The monoisotopic (exact) mass is 313 g/mol. The van der Waals surface area contributed by atoms with Crippen molar-refractivity contribution in [2.75, 3.05) is 7.11 Å². The van der Waals surface area contributed by atoms with Gasteiger partial charge in [-0.15, -0.1) is 0 Å². The van der Waals surface area contributed by atoms with Crippen molar-refractivity contribution in [1.29, 1.82) is 0 Å². The summed E-state index contributed by atoms with van der Waals surface area (Å²) >= 11 is 0. The number of carbonyl (C=O) groups is 2. The molecule has 120 valence electrons. The van der Waals surface area contributed by atoms with Gasteiger partial charge in [0.25, 0.3) is 0 Å². The zero-order valence-electron chi connectivity index (χ0n) is 13.0. The summed E-state index contributed by atoms with van der Waals surface area (Å²) in [4.78, 5) is 29.9. The van der Waals surface area contributed by atoms with Gasteiger partial charge < -0.3 is 4.74 Å². The van der Waals surface area contributed by atoms with Crippen LogP contribution in [0.15, 0.2) is 54.3 Å². The van der Waals surface area contributed by atoms with Crippen molar-refractivity contribution in [1.82, 2.24) is 5.06 Å². The summed E-state index contributed by atoms with van der Waals surface area (Å²) in [6, 6.07) is 9.65. The van der Waals surface area contributed by atoms with Gasteiger partial charge in [-0.2, -0.15) is 0 Å². The van der Waals surface area contributed by atoms with Gasteiger partial charge in [-0.1, -0.05) is 30.3 Å². The van der Waals surface area contributed by atoms with Crippen molar-refractivity contribution < 1.29 is 19.2 Å². The summed E-state index contributed by atoms with van der Waals surface area (Å²) in [7, 11) is 1.51. The molecule has 1 spiro atoms. The molecule has 1 heterocycles. The number of ether oxygens (including phenoxy) is 1. The Bertz CT molecular complexity index is 665. The third-order valence-electron chi connectivity index (χ3n) is 4.18. The summed E-state index contributed by atoms with van der Waals surface area (Å²) in [6.07, 6.45) is 6.43. The lowest BCUT2D eigenvalue weighted by Crippen LogP contribution is -2.55. The highest BCUT2D eigenvalue weighted by atomic mass is 16.7. The molecular weight excluding hydrogens is 294 g/mol. The molecule has 1 fully saturated rings. The Morgan fingerprint density at radius 1 is 1.22 bits per heavy atom. The van der Waals surface area contributed by atoms with E-state index < -0.39 is 5.54 Å². The van der Waals surface area contributed by atoms with Gasteiger partial charge in [0.15, 0.2) is 5.78 Å². The largest absolute Gasteiger partial charge is 0.498 e. The lowest BCUT2D eigenvalue weighted by molar-refractivity contribution is -0.226. The van der Waals surface area contributed by atoms with Crippen LogP contribution in [0.2, 0.25) is 0 Å². The first-order chi connectivity index (χ1) is 11.2. The van der Waals surface area contributed by atoms with Gasteiger partial charge in [0.05, 0.1) is 7.11 Å². The highest BCUT2D eigenvalue weighted by Gasteiger charge is 2.47. The highest BCUT2D eigenvalue weighted by molar-refractivity contribution is 6.01. The third kappa shape index (κ3) is 2.92. The summed E-state index contributed by atoms with van der Waals surface area (Å²) in [5.41, 5.74) is 0.145. The lowest BCUT2D eigenvalue weighted by Gasteiger charge is -2.45. The van der Waals surface area contributed by atoms with Gasteiger partial charge in [-0.3, -0.25) is 14.4 Å².